The highest BCUT2D eigenvalue weighted by atomic mass is 16.3. The molecule has 3 rings (SSSR count). The van der Waals surface area contributed by atoms with E-state index < -0.39 is 6.10 Å². The van der Waals surface area contributed by atoms with Crippen LogP contribution >= 0.6 is 0 Å². The van der Waals surface area contributed by atoms with Gasteiger partial charge in [0.05, 0.1) is 6.10 Å². The Kier molecular flexibility index (Phi) is 3.18. The third kappa shape index (κ3) is 2.06. The van der Waals surface area contributed by atoms with Crippen LogP contribution in [0.5, 0.6) is 0 Å². The van der Waals surface area contributed by atoms with E-state index in [1.807, 2.05) is 6.07 Å². The molecule has 0 saturated heterocycles. The standard InChI is InChI=1S/C19H22O/c1-13-11-14(2)17(15(3)12-13)18(20)19(9-10-19)16-7-5-4-6-8-16/h4-8,11-12,18,20H,9-10H2,1-3H3. The topological polar surface area (TPSA) is 20.2 Å². The van der Waals surface area contributed by atoms with Gasteiger partial charge in [0, 0.05) is 5.41 Å². The van der Waals surface area contributed by atoms with Gasteiger partial charge in [-0.05, 0) is 55.9 Å². The van der Waals surface area contributed by atoms with Gasteiger partial charge in [-0.1, -0.05) is 48.0 Å². The van der Waals surface area contributed by atoms with Gasteiger partial charge >= 0.3 is 0 Å². The van der Waals surface area contributed by atoms with Gasteiger partial charge in [0.15, 0.2) is 0 Å². The first-order chi connectivity index (χ1) is 9.54. The zero-order chi connectivity index (χ0) is 14.3. The number of aryl methyl sites for hydroxylation is 3. The van der Waals surface area contributed by atoms with E-state index in [-0.39, 0.29) is 5.41 Å². The Morgan fingerprint density at radius 3 is 2.00 bits per heavy atom. The minimum atomic E-state index is -0.398. The molecule has 1 fully saturated rings. The Morgan fingerprint density at radius 2 is 1.50 bits per heavy atom. The van der Waals surface area contributed by atoms with Crippen LogP contribution < -0.4 is 0 Å². The van der Waals surface area contributed by atoms with Gasteiger partial charge in [0.2, 0.25) is 0 Å². The Morgan fingerprint density at radius 1 is 0.950 bits per heavy atom. The molecule has 2 aromatic rings. The van der Waals surface area contributed by atoms with E-state index in [0.29, 0.717) is 0 Å². The van der Waals surface area contributed by atoms with Crippen LogP contribution in [0.1, 0.15) is 46.8 Å². The average molecular weight is 266 g/mol. The first-order valence-electron chi connectivity index (χ1n) is 7.36. The number of aliphatic hydroxyl groups excluding tert-OH is 1. The molecule has 1 aliphatic carbocycles. The Hall–Kier alpha value is -1.60. The highest BCUT2D eigenvalue weighted by Crippen LogP contribution is 2.57. The maximum Gasteiger partial charge on any atom is 0.0891 e. The highest BCUT2D eigenvalue weighted by molar-refractivity contribution is 5.44. The number of benzene rings is 2. The predicted molar refractivity (Wildman–Crippen MR) is 83.0 cm³/mol. The van der Waals surface area contributed by atoms with Crippen molar-refractivity contribution in [3.8, 4) is 0 Å². The van der Waals surface area contributed by atoms with Gasteiger partial charge in [0.25, 0.3) is 0 Å². The molecule has 0 aromatic heterocycles. The van der Waals surface area contributed by atoms with Crippen molar-refractivity contribution in [3.63, 3.8) is 0 Å². The summed E-state index contributed by atoms with van der Waals surface area (Å²) >= 11 is 0. The molecule has 1 nitrogen and oxygen atoms in total. The first kappa shape index (κ1) is 13.4. The molecular formula is C19H22O. The molecular weight excluding hydrogens is 244 g/mol. The van der Waals surface area contributed by atoms with Crippen molar-refractivity contribution in [1.82, 2.24) is 0 Å². The summed E-state index contributed by atoms with van der Waals surface area (Å²) in [5.74, 6) is 0. The maximum atomic E-state index is 11.0. The summed E-state index contributed by atoms with van der Waals surface area (Å²) in [4.78, 5) is 0. The Bertz CT molecular complexity index is 600. The van der Waals surface area contributed by atoms with Crippen LogP contribution in [0.3, 0.4) is 0 Å². The lowest BCUT2D eigenvalue weighted by molar-refractivity contribution is 0.132. The molecule has 1 N–H and O–H groups in total. The van der Waals surface area contributed by atoms with E-state index in [9.17, 15) is 5.11 Å². The van der Waals surface area contributed by atoms with Crippen LogP contribution in [0.2, 0.25) is 0 Å². The van der Waals surface area contributed by atoms with Crippen molar-refractivity contribution in [3.05, 3.63) is 70.3 Å². The van der Waals surface area contributed by atoms with Crippen molar-refractivity contribution in [2.75, 3.05) is 0 Å². The van der Waals surface area contributed by atoms with Crippen molar-refractivity contribution in [1.29, 1.82) is 0 Å². The molecule has 0 amide bonds. The van der Waals surface area contributed by atoms with Crippen LogP contribution in [0.4, 0.5) is 0 Å². The van der Waals surface area contributed by atoms with Gasteiger partial charge in [-0.2, -0.15) is 0 Å². The third-order valence-electron chi connectivity index (χ3n) is 4.67. The third-order valence-corrected chi connectivity index (χ3v) is 4.67. The van der Waals surface area contributed by atoms with E-state index in [1.165, 1.54) is 22.3 Å². The molecule has 0 heterocycles. The molecule has 0 spiro atoms. The predicted octanol–water partition coefficient (Wildman–Crippen LogP) is 4.38. The SMILES string of the molecule is Cc1cc(C)c(C(O)C2(c3ccccc3)CC2)c(C)c1. The van der Waals surface area contributed by atoms with Crippen molar-refractivity contribution in [2.45, 2.75) is 45.1 Å². The van der Waals surface area contributed by atoms with Gasteiger partial charge < -0.3 is 5.11 Å². The normalized spacial score (nSPS) is 17.8. The maximum absolute atomic E-state index is 11.0. The van der Waals surface area contributed by atoms with E-state index in [1.54, 1.807) is 0 Å². The van der Waals surface area contributed by atoms with Crippen molar-refractivity contribution < 1.29 is 5.11 Å². The number of aliphatic hydroxyl groups is 1. The summed E-state index contributed by atoms with van der Waals surface area (Å²) in [7, 11) is 0. The fraction of sp³-hybridized carbons (Fsp3) is 0.368. The van der Waals surface area contributed by atoms with E-state index in [2.05, 4.69) is 57.2 Å². The number of rotatable bonds is 3. The van der Waals surface area contributed by atoms with Crippen LogP contribution in [0.15, 0.2) is 42.5 Å². The summed E-state index contributed by atoms with van der Waals surface area (Å²) in [6.07, 6.45) is 1.75. The lowest BCUT2D eigenvalue weighted by atomic mass is 9.82. The zero-order valence-corrected chi connectivity index (χ0v) is 12.5. The molecule has 104 valence electrons. The molecule has 0 radical (unpaired) electrons. The minimum absolute atomic E-state index is 0.0635. The van der Waals surface area contributed by atoms with Gasteiger partial charge in [-0.15, -0.1) is 0 Å². The molecule has 0 aliphatic heterocycles. The second-order valence-corrected chi connectivity index (χ2v) is 6.24. The fourth-order valence-corrected chi connectivity index (χ4v) is 3.52. The summed E-state index contributed by atoms with van der Waals surface area (Å²) in [6, 6.07) is 14.8. The van der Waals surface area contributed by atoms with Crippen molar-refractivity contribution >= 4 is 0 Å². The van der Waals surface area contributed by atoms with E-state index in [4.69, 9.17) is 0 Å². The first-order valence-corrected chi connectivity index (χ1v) is 7.36. The molecule has 1 heteroatoms. The Labute approximate surface area is 121 Å². The van der Waals surface area contributed by atoms with E-state index in [0.717, 1.165) is 18.4 Å². The quantitative estimate of drug-likeness (QED) is 0.874. The molecule has 1 aliphatic rings. The van der Waals surface area contributed by atoms with Crippen LogP contribution in [-0.4, -0.2) is 5.11 Å². The van der Waals surface area contributed by atoms with Gasteiger partial charge in [-0.25, -0.2) is 0 Å². The summed E-state index contributed by atoms with van der Waals surface area (Å²) in [5.41, 5.74) is 6.00. The molecule has 0 bridgehead atoms. The number of hydrogen-bond acceptors (Lipinski definition) is 1. The van der Waals surface area contributed by atoms with E-state index >= 15 is 0 Å². The number of hydrogen-bond donors (Lipinski definition) is 1. The van der Waals surface area contributed by atoms with Crippen LogP contribution in [0.25, 0.3) is 0 Å². The fourth-order valence-electron chi connectivity index (χ4n) is 3.52. The molecule has 1 atom stereocenters. The highest BCUT2D eigenvalue weighted by Gasteiger charge is 2.51. The van der Waals surface area contributed by atoms with Crippen molar-refractivity contribution in [2.24, 2.45) is 0 Å². The lowest BCUT2D eigenvalue weighted by Crippen LogP contribution is -2.20. The Balaban J connectivity index is 2.04. The summed E-state index contributed by atoms with van der Waals surface area (Å²) in [6.45, 7) is 6.33. The molecule has 2 aromatic carbocycles. The summed E-state index contributed by atoms with van der Waals surface area (Å²) in [5, 5.41) is 11.0. The molecule has 20 heavy (non-hydrogen) atoms. The zero-order valence-electron chi connectivity index (χ0n) is 12.5. The summed E-state index contributed by atoms with van der Waals surface area (Å²) < 4.78 is 0. The average Bonchev–Trinajstić information content (AvgIpc) is 3.20. The monoisotopic (exact) mass is 266 g/mol. The molecule has 1 saturated carbocycles. The van der Waals surface area contributed by atoms with Gasteiger partial charge in [-0.3, -0.25) is 0 Å². The molecule has 1 unspecified atom stereocenters. The second-order valence-electron chi connectivity index (χ2n) is 6.24. The minimum Gasteiger partial charge on any atom is -0.387 e. The lowest BCUT2D eigenvalue weighted by Gasteiger charge is -2.26. The van der Waals surface area contributed by atoms with Crippen LogP contribution in [-0.2, 0) is 5.41 Å². The largest absolute Gasteiger partial charge is 0.387 e. The second kappa shape index (κ2) is 4.75. The van der Waals surface area contributed by atoms with Crippen LogP contribution in [0, 0.1) is 20.8 Å². The smallest absolute Gasteiger partial charge is 0.0891 e. The van der Waals surface area contributed by atoms with Gasteiger partial charge in [0.1, 0.15) is 0 Å².